The number of amidine groups is 1. The third kappa shape index (κ3) is 4.95. The first-order valence-electron chi connectivity index (χ1n) is 10.1. The lowest BCUT2D eigenvalue weighted by molar-refractivity contribution is 0.311. The molecule has 160 valence electrons. The Hall–Kier alpha value is -3.16. The second-order valence-electron chi connectivity index (χ2n) is 7.34. The van der Waals surface area contributed by atoms with Gasteiger partial charge in [0, 0.05) is 18.2 Å². The van der Waals surface area contributed by atoms with Crippen LogP contribution in [0, 0.1) is 0 Å². The van der Waals surface area contributed by atoms with Gasteiger partial charge in [0.2, 0.25) is 0 Å². The molecule has 3 N–H and O–H groups in total. The van der Waals surface area contributed by atoms with Gasteiger partial charge in [-0.15, -0.1) is 0 Å². The minimum atomic E-state index is -0.0204. The summed E-state index contributed by atoms with van der Waals surface area (Å²) in [7, 11) is 0. The Morgan fingerprint density at radius 3 is 2.87 bits per heavy atom. The topological polar surface area (TPSA) is 91.7 Å². The van der Waals surface area contributed by atoms with Crippen LogP contribution in [0.15, 0.2) is 52.6 Å². The van der Waals surface area contributed by atoms with Crippen molar-refractivity contribution in [1.29, 1.82) is 0 Å². The first-order chi connectivity index (χ1) is 15.1. The molecule has 0 fully saturated rings. The molecule has 0 bridgehead atoms. The minimum absolute atomic E-state index is 0.0204. The molecule has 4 rings (SSSR count). The van der Waals surface area contributed by atoms with Gasteiger partial charge in [-0.1, -0.05) is 41.5 Å². The first-order valence-corrected chi connectivity index (χ1v) is 10.5. The van der Waals surface area contributed by atoms with Crippen molar-refractivity contribution in [2.24, 2.45) is 4.99 Å². The Bertz CT molecular complexity index is 1120. The summed E-state index contributed by atoms with van der Waals surface area (Å²) in [6.07, 6.45) is 8.94. The molecule has 0 unspecified atom stereocenters. The van der Waals surface area contributed by atoms with Crippen molar-refractivity contribution >= 4 is 35.1 Å². The number of nitrogens with one attached hydrogen (secondary N) is 2. The Labute approximate surface area is 186 Å². The monoisotopic (exact) mass is 437 g/mol. The molecule has 0 atom stereocenters. The highest BCUT2D eigenvalue weighted by molar-refractivity contribution is 6.33. The van der Waals surface area contributed by atoms with E-state index in [1.54, 1.807) is 6.07 Å². The van der Waals surface area contributed by atoms with E-state index >= 15 is 0 Å². The third-order valence-corrected chi connectivity index (χ3v) is 5.20. The molecule has 31 heavy (non-hydrogen) atoms. The highest BCUT2D eigenvalue weighted by Gasteiger charge is 2.18. The summed E-state index contributed by atoms with van der Waals surface area (Å²) in [6, 6.07) is 5.73. The third-order valence-electron chi connectivity index (χ3n) is 4.81. The average Bonchev–Trinajstić information content (AvgIpc) is 3.35. The molecular formula is C23H24ClN5O2. The van der Waals surface area contributed by atoms with E-state index in [2.05, 4.69) is 38.6 Å². The van der Waals surface area contributed by atoms with Crippen LogP contribution in [-0.4, -0.2) is 40.6 Å². The van der Waals surface area contributed by atoms with Gasteiger partial charge in [0.25, 0.3) is 0 Å². The van der Waals surface area contributed by atoms with Gasteiger partial charge >= 0.3 is 6.01 Å². The zero-order chi connectivity index (χ0) is 21.8. The summed E-state index contributed by atoms with van der Waals surface area (Å²) < 4.78 is 5.96. The van der Waals surface area contributed by atoms with Crippen LogP contribution in [0.2, 0.25) is 5.02 Å². The van der Waals surface area contributed by atoms with E-state index in [9.17, 15) is 0 Å². The maximum atomic E-state index is 9.15. The first kappa shape index (κ1) is 21.1. The number of aliphatic hydroxyl groups is 1. The lowest BCUT2D eigenvalue weighted by Crippen LogP contribution is -2.12. The summed E-state index contributed by atoms with van der Waals surface area (Å²) in [4.78, 5) is 13.3. The SMILES string of the molecule is C/C=C/C1=CC(Nc2cc(NCCO)nc(Oc3ccc4c(c3Cl)C=C(C)C4)n2)=NC1. The average molecular weight is 438 g/mol. The number of aliphatic imine (C=N–C) groups is 1. The van der Waals surface area contributed by atoms with Gasteiger partial charge in [0.15, 0.2) is 0 Å². The number of halogens is 1. The van der Waals surface area contributed by atoms with Crippen LogP contribution < -0.4 is 15.4 Å². The number of nitrogens with zero attached hydrogens (tertiary/aromatic N) is 3. The molecule has 2 heterocycles. The van der Waals surface area contributed by atoms with Crippen LogP contribution >= 0.6 is 11.6 Å². The Morgan fingerprint density at radius 2 is 2.06 bits per heavy atom. The number of hydrogen-bond donors (Lipinski definition) is 3. The second kappa shape index (κ2) is 9.32. The number of ether oxygens (including phenoxy) is 1. The molecule has 0 saturated heterocycles. The minimum Gasteiger partial charge on any atom is -0.423 e. The smallest absolute Gasteiger partial charge is 0.325 e. The molecule has 8 heteroatoms. The maximum Gasteiger partial charge on any atom is 0.325 e. The predicted octanol–water partition coefficient (Wildman–Crippen LogP) is 4.61. The lowest BCUT2D eigenvalue weighted by atomic mass is 10.1. The van der Waals surface area contributed by atoms with Crippen LogP contribution in [0.3, 0.4) is 0 Å². The molecule has 0 amide bonds. The van der Waals surface area contributed by atoms with Crippen molar-refractivity contribution in [3.63, 3.8) is 0 Å². The molecule has 0 spiro atoms. The quantitative estimate of drug-likeness (QED) is 0.585. The molecule has 1 aromatic carbocycles. The number of anilines is 2. The normalized spacial score (nSPS) is 14.9. The Kier molecular flexibility index (Phi) is 6.34. The number of fused-ring (bicyclic) bond motifs is 1. The van der Waals surface area contributed by atoms with Crippen molar-refractivity contribution in [1.82, 2.24) is 9.97 Å². The van der Waals surface area contributed by atoms with Crippen LogP contribution in [0.5, 0.6) is 11.8 Å². The lowest BCUT2D eigenvalue weighted by Gasteiger charge is -2.12. The van der Waals surface area contributed by atoms with Gasteiger partial charge in [0.1, 0.15) is 23.2 Å². The van der Waals surface area contributed by atoms with Crippen molar-refractivity contribution in [3.05, 3.63) is 63.7 Å². The van der Waals surface area contributed by atoms with Crippen molar-refractivity contribution in [2.45, 2.75) is 20.3 Å². The number of aliphatic hydroxyl groups excluding tert-OH is 1. The number of allylic oxidation sites excluding steroid dienone is 2. The van der Waals surface area contributed by atoms with E-state index < -0.39 is 0 Å². The van der Waals surface area contributed by atoms with Crippen LogP contribution in [-0.2, 0) is 6.42 Å². The fraction of sp³-hybridized carbons (Fsp3) is 0.261. The van der Waals surface area contributed by atoms with Gasteiger partial charge in [-0.05, 0) is 43.5 Å². The van der Waals surface area contributed by atoms with E-state index in [4.69, 9.17) is 21.4 Å². The van der Waals surface area contributed by atoms with E-state index in [0.717, 1.165) is 17.6 Å². The summed E-state index contributed by atoms with van der Waals surface area (Å²) in [6.45, 7) is 5.00. The Morgan fingerprint density at radius 1 is 1.23 bits per heavy atom. The van der Waals surface area contributed by atoms with Crippen molar-refractivity contribution in [2.75, 3.05) is 30.3 Å². The molecule has 1 aliphatic carbocycles. The van der Waals surface area contributed by atoms with E-state index in [0.29, 0.717) is 41.3 Å². The molecule has 1 aliphatic heterocycles. The number of aromatic nitrogens is 2. The summed E-state index contributed by atoms with van der Waals surface area (Å²) in [5.41, 5.74) is 4.53. The number of benzene rings is 1. The number of rotatable bonds is 7. The highest BCUT2D eigenvalue weighted by Crippen LogP contribution is 2.38. The molecular weight excluding hydrogens is 414 g/mol. The fourth-order valence-corrected chi connectivity index (χ4v) is 3.75. The van der Waals surface area contributed by atoms with Gasteiger partial charge in [-0.3, -0.25) is 4.99 Å². The van der Waals surface area contributed by atoms with Crippen LogP contribution in [0.1, 0.15) is 25.0 Å². The van der Waals surface area contributed by atoms with Crippen LogP contribution in [0.4, 0.5) is 11.6 Å². The molecule has 7 nitrogen and oxygen atoms in total. The van der Waals surface area contributed by atoms with Crippen molar-refractivity contribution < 1.29 is 9.84 Å². The van der Waals surface area contributed by atoms with E-state index in [1.807, 2.05) is 37.3 Å². The molecule has 0 saturated carbocycles. The van der Waals surface area contributed by atoms with Crippen LogP contribution in [0.25, 0.3) is 6.08 Å². The second-order valence-corrected chi connectivity index (χ2v) is 7.72. The van der Waals surface area contributed by atoms with E-state index in [-0.39, 0.29) is 12.6 Å². The maximum absolute atomic E-state index is 9.15. The zero-order valence-electron chi connectivity index (χ0n) is 17.4. The summed E-state index contributed by atoms with van der Waals surface area (Å²) in [5.74, 6) is 2.24. The molecule has 0 radical (unpaired) electrons. The highest BCUT2D eigenvalue weighted by atomic mass is 35.5. The predicted molar refractivity (Wildman–Crippen MR) is 125 cm³/mol. The summed E-state index contributed by atoms with van der Waals surface area (Å²) >= 11 is 6.59. The summed E-state index contributed by atoms with van der Waals surface area (Å²) in [5, 5.41) is 15.9. The van der Waals surface area contributed by atoms with Gasteiger partial charge < -0.3 is 20.5 Å². The van der Waals surface area contributed by atoms with Gasteiger partial charge in [-0.25, -0.2) is 0 Å². The van der Waals surface area contributed by atoms with Gasteiger partial charge in [0.05, 0.1) is 18.2 Å². The molecule has 1 aromatic heterocycles. The largest absolute Gasteiger partial charge is 0.423 e. The van der Waals surface area contributed by atoms with Crippen molar-refractivity contribution in [3.8, 4) is 11.8 Å². The zero-order valence-corrected chi connectivity index (χ0v) is 18.2. The number of hydrogen-bond acceptors (Lipinski definition) is 7. The van der Waals surface area contributed by atoms with E-state index in [1.165, 1.54) is 11.1 Å². The molecule has 2 aliphatic rings. The van der Waals surface area contributed by atoms with Gasteiger partial charge in [-0.2, -0.15) is 9.97 Å². The molecule has 2 aromatic rings. The fourth-order valence-electron chi connectivity index (χ4n) is 3.47. The Balaban J connectivity index is 1.60. The standard InChI is InChI=1S/C23H24ClN5O2/c1-3-4-15-11-19(26-13-15)27-21-12-20(25-7-8-30)28-23(29-21)31-18-6-5-16-9-14(2)10-17(16)22(18)24/h3-6,10-12,30H,7-9,13H2,1-2H3,(H2,25,26,27,28,29)/b4-3+.